The van der Waals surface area contributed by atoms with Crippen LogP contribution in [-0.2, 0) is 16.1 Å². The molecule has 150 valence electrons. The van der Waals surface area contributed by atoms with E-state index < -0.39 is 0 Å². The first-order chi connectivity index (χ1) is 14.7. The summed E-state index contributed by atoms with van der Waals surface area (Å²) in [6, 6.07) is 17.4. The van der Waals surface area contributed by atoms with Crippen molar-refractivity contribution in [1.29, 1.82) is 0 Å². The Balaban J connectivity index is 1.57. The zero-order valence-corrected chi connectivity index (χ0v) is 17.3. The Hall–Kier alpha value is -2.73. The van der Waals surface area contributed by atoms with E-state index in [2.05, 4.69) is 4.98 Å². The quantitative estimate of drug-likeness (QED) is 0.335. The minimum absolute atomic E-state index is 0.0408. The van der Waals surface area contributed by atoms with E-state index in [9.17, 15) is 4.79 Å². The molecule has 1 atom stereocenters. The second-order valence-corrected chi connectivity index (χ2v) is 7.99. The largest absolute Gasteiger partial charge is 0.353 e. The van der Waals surface area contributed by atoms with Crippen LogP contribution < -0.4 is 0 Å². The Bertz CT molecular complexity index is 1120. The smallest absolute Gasteiger partial charge is 0.194 e. The van der Waals surface area contributed by atoms with Gasteiger partial charge in [0.2, 0.25) is 0 Å². The zero-order valence-electron chi connectivity index (χ0n) is 16.5. The molecule has 1 unspecified atom stereocenters. The number of ketones is 1. The van der Waals surface area contributed by atoms with E-state index in [1.165, 1.54) is 0 Å². The van der Waals surface area contributed by atoms with Gasteiger partial charge in [-0.3, -0.25) is 9.78 Å². The molecule has 0 radical (unpaired) electrons. The molecular formula is C25H21NO3S. The topological polar surface area (TPSA) is 48.4 Å². The number of aromatic nitrogens is 1. The SMILES string of the molecule is O=C1c2ccccc2-c2cc(C(=S)c3ccccn3)cc(COC3CCCCO3)c21. The predicted molar refractivity (Wildman–Crippen MR) is 119 cm³/mol. The predicted octanol–water partition coefficient (Wildman–Crippen LogP) is 5.10. The maximum absolute atomic E-state index is 13.2. The third-order valence-electron chi connectivity index (χ3n) is 5.63. The Morgan fingerprint density at radius 1 is 1.07 bits per heavy atom. The molecule has 1 aromatic heterocycles. The lowest BCUT2D eigenvalue weighted by Crippen LogP contribution is -2.22. The fourth-order valence-electron chi connectivity index (χ4n) is 4.15. The summed E-state index contributed by atoms with van der Waals surface area (Å²) in [7, 11) is 0. The number of benzene rings is 2. The van der Waals surface area contributed by atoms with Crippen LogP contribution in [0.4, 0.5) is 0 Å². The van der Waals surface area contributed by atoms with Crippen LogP contribution in [0.25, 0.3) is 11.1 Å². The van der Waals surface area contributed by atoms with Crippen molar-refractivity contribution in [3.05, 3.63) is 88.7 Å². The third-order valence-corrected chi connectivity index (χ3v) is 6.08. The molecule has 0 amide bonds. The highest BCUT2D eigenvalue weighted by Crippen LogP contribution is 2.40. The average molecular weight is 416 g/mol. The highest BCUT2D eigenvalue weighted by molar-refractivity contribution is 7.81. The van der Waals surface area contributed by atoms with Crippen molar-refractivity contribution >= 4 is 22.9 Å². The summed E-state index contributed by atoms with van der Waals surface area (Å²) in [5, 5.41) is 0. The van der Waals surface area contributed by atoms with Crippen molar-refractivity contribution in [1.82, 2.24) is 4.98 Å². The first kappa shape index (κ1) is 19.2. The van der Waals surface area contributed by atoms with Crippen LogP contribution >= 0.6 is 12.2 Å². The average Bonchev–Trinajstić information content (AvgIpc) is 3.10. The Labute approximate surface area is 180 Å². The summed E-state index contributed by atoms with van der Waals surface area (Å²) >= 11 is 5.74. The number of carbonyl (C=O) groups is 1. The lowest BCUT2D eigenvalue weighted by atomic mass is 9.95. The number of nitrogens with zero attached hydrogens (tertiary/aromatic N) is 1. The molecule has 5 rings (SSSR count). The summed E-state index contributed by atoms with van der Waals surface area (Å²) in [5.41, 5.74) is 5.75. The summed E-state index contributed by atoms with van der Waals surface area (Å²) < 4.78 is 11.8. The van der Waals surface area contributed by atoms with Gasteiger partial charge in [0.15, 0.2) is 12.1 Å². The third kappa shape index (κ3) is 3.49. The number of hydrogen-bond acceptors (Lipinski definition) is 5. The van der Waals surface area contributed by atoms with Crippen molar-refractivity contribution in [2.75, 3.05) is 6.61 Å². The molecule has 2 heterocycles. The van der Waals surface area contributed by atoms with Crippen LogP contribution in [0, 0.1) is 0 Å². The molecule has 1 aliphatic carbocycles. The van der Waals surface area contributed by atoms with E-state index in [1.54, 1.807) is 6.20 Å². The van der Waals surface area contributed by atoms with Crippen LogP contribution in [-0.4, -0.2) is 28.5 Å². The molecule has 0 bridgehead atoms. The molecule has 3 aromatic rings. The molecule has 1 saturated heterocycles. The van der Waals surface area contributed by atoms with E-state index in [1.807, 2.05) is 54.6 Å². The van der Waals surface area contributed by atoms with E-state index in [4.69, 9.17) is 21.7 Å². The minimum Gasteiger partial charge on any atom is -0.353 e. The van der Waals surface area contributed by atoms with Gasteiger partial charge in [0.25, 0.3) is 0 Å². The number of thiocarbonyl (C=S) groups is 1. The van der Waals surface area contributed by atoms with Crippen molar-refractivity contribution in [2.45, 2.75) is 32.2 Å². The fourth-order valence-corrected chi connectivity index (χ4v) is 4.39. The van der Waals surface area contributed by atoms with Crippen LogP contribution in [0.3, 0.4) is 0 Å². The van der Waals surface area contributed by atoms with E-state index in [-0.39, 0.29) is 12.1 Å². The summed E-state index contributed by atoms with van der Waals surface area (Å²) in [4.78, 5) is 18.2. The molecule has 30 heavy (non-hydrogen) atoms. The molecule has 2 aliphatic rings. The first-order valence-electron chi connectivity index (χ1n) is 10.2. The number of pyridine rings is 1. The van der Waals surface area contributed by atoms with Crippen LogP contribution in [0.5, 0.6) is 0 Å². The van der Waals surface area contributed by atoms with Gasteiger partial charge < -0.3 is 9.47 Å². The molecule has 0 saturated carbocycles. The van der Waals surface area contributed by atoms with Gasteiger partial charge in [-0.1, -0.05) is 42.5 Å². The zero-order chi connectivity index (χ0) is 20.5. The highest BCUT2D eigenvalue weighted by Gasteiger charge is 2.30. The maximum atomic E-state index is 13.2. The number of rotatable bonds is 5. The van der Waals surface area contributed by atoms with Crippen LogP contribution in [0.1, 0.15) is 52.0 Å². The summed E-state index contributed by atoms with van der Waals surface area (Å²) in [6.45, 7) is 1.03. The molecule has 0 N–H and O–H groups in total. The van der Waals surface area contributed by atoms with Gasteiger partial charge in [-0.05, 0) is 65.8 Å². The number of carbonyl (C=O) groups excluding carboxylic acids is 1. The number of hydrogen-bond donors (Lipinski definition) is 0. The van der Waals surface area contributed by atoms with Gasteiger partial charge in [-0.15, -0.1) is 0 Å². The van der Waals surface area contributed by atoms with Gasteiger partial charge in [0, 0.05) is 23.9 Å². The molecule has 2 aromatic carbocycles. The molecule has 4 nitrogen and oxygen atoms in total. The van der Waals surface area contributed by atoms with Crippen LogP contribution in [0.2, 0.25) is 0 Å². The van der Waals surface area contributed by atoms with Crippen molar-refractivity contribution in [2.24, 2.45) is 0 Å². The molecule has 5 heteroatoms. The molecule has 1 fully saturated rings. The van der Waals surface area contributed by atoms with Gasteiger partial charge in [-0.25, -0.2) is 0 Å². The fraction of sp³-hybridized carbons (Fsp3) is 0.240. The maximum Gasteiger partial charge on any atom is 0.194 e. The van der Waals surface area contributed by atoms with Gasteiger partial charge in [-0.2, -0.15) is 0 Å². The first-order valence-corrected chi connectivity index (χ1v) is 10.6. The number of fused-ring (bicyclic) bond motifs is 3. The highest BCUT2D eigenvalue weighted by atomic mass is 32.1. The Morgan fingerprint density at radius 3 is 2.67 bits per heavy atom. The minimum atomic E-state index is -0.223. The van der Waals surface area contributed by atoms with Crippen LogP contribution in [0.15, 0.2) is 60.8 Å². The number of ether oxygens (including phenoxy) is 2. The van der Waals surface area contributed by atoms with E-state index in [0.29, 0.717) is 17.0 Å². The Kier molecular flexibility index (Phi) is 5.25. The van der Waals surface area contributed by atoms with E-state index in [0.717, 1.165) is 59.4 Å². The lowest BCUT2D eigenvalue weighted by molar-refractivity contribution is -0.168. The second kappa shape index (κ2) is 8.19. The van der Waals surface area contributed by atoms with Crippen molar-refractivity contribution < 1.29 is 14.3 Å². The molecule has 0 spiro atoms. The van der Waals surface area contributed by atoms with Gasteiger partial charge in [0.1, 0.15) is 0 Å². The standard InChI is InChI=1S/C25H21NO3S/c27-24-19-8-2-1-7-18(19)20-14-16(25(30)21-9-3-5-11-26-21)13-17(23(20)24)15-29-22-10-4-6-12-28-22/h1-3,5,7-9,11,13-14,22H,4,6,10,12,15H2. The summed E-state index contributed by atoms with van der Waals surface area (Å²) in [6.07, 6.45) is 4.55. The summed E-state index contributed by atoms with van der Waals surface area (Å²) in [5.74, 6) is 0.0408. The van der Waals surface area contributed by atoms with Gasteiger partial charge in [0.05, 0.1) is 17.2 Å². The Morgan fingerprint density at radius 2 is 1.90 bits per heavy atom. The second-order valence-electron chi connectivity index (χ2n) is 7.58. The molecule has 1 aliphatic heterocycles. The molecular weight excluding hydrogens is 394 g/mol. The normalized spacial score (nSPS) is 17.5. The van der Waals surface area contributed by atoms with Gasteiger partial charge >= 0.3 is 0 Å². The van der Waals surface area contributed by atoms with Crippen molar-refractivity contribution in [3.63, 3.8) is 0 Å². The van der Waals surface area contributed by atoms with Crippen molar-refractivity contribution in [3.8, 4) is 11.1 Å². The lowest BCUT2D eigenvalue weighted by Gasteiger charge is -2.23. The van der Waals surface area contributed by atoms with E-state index >= 15 is 0 Å². The monoisotopic (exact) mass is 415 g/mol.